The fourth-order valence-electron chi connectivity index (χ4n) is 1.63. The second-order valence-electron chi connectivity index (χ2n) is 3.88. The molecule has 2 nitrogen and oxygen atoms in total. The smallest absolute Gasteiger partial charge is 0.140 e. The van der Waals surface area contributed by atoms with Crippen LogP contribution in [0, 0.1) is 17.1 Å². The average molecular weight is 384 g/mol. The summed E-state index contributed by atoms with van der Waals surface area (Å²) < 4.78 is 15.1. The molecule has 5 heteroatoms. The van der Waals surface area contributed by atoms with Crippen molar-refractivity contribution in [3.8, 4) is 6.07 Å². The van der Waals surface area contributed by atoms with Crippen LogP contribution >= 0.6 is 31.9 Å². The van der Waals surface area contributed by atoms with E-state index >= 15 is 0 Å². The van der Waals surface area contributed by atoms with Gasteiger partial charge in [0.05, 0.1) is 11.3 Å². The van der Waals surface area contributed by atoms with Crippen LogP contribution in [0.3, 0.4) is 0 Å². The quantitative estimate of drug-likeness (QED) is 0.823. The zero-order chi connectivity index (χ0) is 13.8. The Balaban J connectivity index is 2.17. The Labute approximate surface area is 127 Å². The molecule has 96 valence electrons. The Morgan fingerprint density at radius 1 is 1.16 bits per heavy atom. The second kappa shape index (κ2) is 6.18. The molecule has 1 N–H and O–H groups in total. The Bertz CT molecular complexity index is 630. The molecule has 0 atom stereocenters. The molecule has 0 unspecified atom stereocenters. The van der Waals surface area contributed by atoms with Crippen LogP contribution in [0.15, 0.2) is 45.3 Å². The standard InChI is InChI=1S/C14H9Br2FN2/c15-11-2-1-3-12(16)14(11)19-8-9-4-5-13(17)10(6-9)7-18/h1-6,19H,8H2. The van der Waals surface area contributed by atoms with Gasteiger partial charge in [0.1, 0.15) is 11.9 Å². The maximum absolute atomic E-state index is 13.2. The lowest BCUT2D eigenvalue weighted by molar-refractivity contribution is 0.623. The number of rotatable bonds is 3. The topological polar surface area (TPSA) is 35.8 Å². The molecule has 0 saturated carbocycles. The third kappa shape index (κ3) is 3.34. The highest BCUT2D eigenvalue weighted by molar-refractivity contribution is 9.11. The molecular formula is C14H9Br2FN2. The maximum atomic E-state index is 13.2. The van der Waals surface area contributed by atoms with Gasteiger partial charge in [0, 0.05) is 15.5 Å². The van der Waals surface area contributed by atoms with E-state index in [0.29, 0.717) is 6.54 Å². The summed E-state index contributed by atoms with van der Waals surface area (Å²) in [5.41, 5.74) is 1.83. The molecule has 0 aliphatic heterocycles. The summed E-state index contributed by atoms with van der Waals surface area (Å²) in [6.45, 7) is 0.510. The number of nitrogens with zero attached hydrogens (tertiary/aromatic N) is 1. The predicted molar refractivity (Wildman–Crippen MR) is 80.3 cm³/mol. The van der Waals surface area contributed by atoms with Gasteiger partial charge >= 0.3 is 0 Å². The van der Waals surface area contributed by atoms with E-state index in [1.807, 2.05) is 24.3 Å². The summed E-state index contributed by atoms with van der Waals surface area (Å²) in [5, 5.41) is 12.0. The van der Waals surface area contributed by atoms with Gasteiger partial charge in [0.2, 0.25) is 0 Å². The summed E-state index contributed by atoms with van der Waals surface area (Å²) in [5.74, 6) is -0.492. The van der Waals surface area contributed by atoms with Crippen molar-refractivity contribution in [2.75, 3.05) is 5.32 Å². The Hall–Kier alpha value is -1.38. The van der Waals surface area contributed by atoms with E-state index in [9.17, 15) is 4.39 Å². The highest BCUT2D eigenvalue weighted by Gasteiger charge is 2.06. The zero-order valence-electron chi connectivity index (χ0n) is 9.75. The van der Waals surface area contributed by atoms with Crippen LogP contribution in [0.25, 0.3) is 0 Å². The summed E-state index contributed by atoms with van der Waals surface area (Å²) in [4.78, 5) is 0. The first-order valence-electron chi connectivity index (χ1n) is 5.48. The van der Waals surface area contributed by atoms with Gasteiger partial charge in [-0.15, -0.1) is 0 Å². The molecule has 0 bridgehead atoms. The van der Waals surface area contributed by atoms with E-state index in [2.05, 4.69) is 37.2 Å². The molecule has 2 aromatic rings. The van der Waals surface area contributed by atoms with Crippen molar-refractivity contribution >= 4 is 37.5 Å². The lowest BCUT2D eigenvalue weighted by Crippen LogP contribution is -2.01. The fraction of sp³-hybridized carbons (Fsp3) is 0.0714. The summed E-state index contributed by atoms with van der Waals surface area (Å²) >= 11 is 6.91. The largest absolute Gasteiger partial charge is 0.379 e. The number of para-hydroxylation sites is 1. The highest BCUT2D eigenvalue weighted by Crippen LogP contribution is 2.30. The summed E-state index contributed by atoms with van der Waals surface area (Å²) in [6.07, 6.45) is 0. The van der Waals surface area contributed by atoms with Gasteiger partial charge in [0.15, 0.2) is 0 Å². The number of nitriles is 1. The first-order valence-corrected chi connectivity index (χ1v) is 7.07. The number of nitrogens with one attached hydrogen (secondary N) is 1. The average Bonchev–Trinajstić information content (AvgIpc) is 2.40. The Kier molecular flexibility index (Phi) is 4.56. The van der Waals surface area contributed by atoms with Crippen LogP contribution in [0.2, 0.25) is 0 Å². The van der Waals surface area contributed by atoms with Crippen LogP contribution in [-0.4, -0.2) is 0 Å². The third-order valence-corrected chi connectivity index (χ3v) is 3.90. The summed E-state index contributed by atoms with van der Waals surface area (Å²) in [7, 11) is 0. The van der Waals surface area contributed by atoms with E-state index < -0.39 is 5.82 Å². The van der Waals surface area contributed by atoms with Crippen LogP contribution in [0.4, 0.5) is 10.1 Å². The number of anilines is 1. The molecule has 0 fully saturated rings. The van der Waals surface area contributed by atoms with Crippen LogP contribution < -0.4 is 5.32 Å². The van der Waals surface area contributed by atoms with E-state index in [-0.39, 0.29) is 5.56 Å². The lowest BCUT2D eigenvalue weighted by atomic mass is 10.1. The van der Waals surface area contributed by atoms with E-state index in [4.69, 9.17) is 5.26 Å². The summed E-state index contributed by atoms with van der Waals surface area (Å²) in [6, 6.07) is 12.1. The SMILES string of the molecule is N#Cc1cc(CNc2c(Br)cccc2Br)ccc1F. The second-order valence-corrected chi connectivity index (χ2v) is 5.58. The third-order valence-electron chi connectivity index (χ3n) is 2.58. The van der Waals surface area contributed by atoms with Gasteiger partial charge in [-0.25, -0.2) is 4.39 Å². The minimum atomic E-state index is -0.492. The molecule has 0 spiro atoms. The van der Waals surface area contributed by atoms with Crippen molar-refractivity contribution < 1.29 is 4.39 Å². The molecule has 0 aromatic heterocycles. The van der Waals surface area contributed by atoms with Gasteiger partial charge in [-0.1, -0.05) is 12.1 Å². The molecular weight excluding hydrogens is 375 g/mol. The van der Waals surface area contributed by atoms with E-state index in [1.54, 1.807) is 12.1 Å². The highest BCUT2D eigenvalue weighted by atomic mass is 79.9. The molecule has 19 heavy (non-hydrogen) atoms. The van der Waals surface area contributed by atoms with Gasteiger partial charge < -0.3 is 5.32 Å². The number of hydrogen-bond donors (Lipinski definition) is 1. The maximum Gasteiger partial charge on any atom is 0.140 e. The lowest BCUT2D eigenvalue weighted by Gasteiger charge is -2.11. The number of halogens is 3. The molecule has 0 aliphatic carbocycles. The normalized spacial score (nSPS) is 10.0. The number of benzene rings is 2. The van der Waals surface area contributed by atoms with Gasteiger partial charge in [-0.2, -0.15) is 5.26 Å². The van der Waals surface area contributed by atoms with Crippen molar-refractivity contribution in [2.24, 2.45) is 0 Å². The van der Waals surface area contributed by atoms with Crippen LogP contribution in [0.1, 0.15) is 11.1 Å². The minimum absolute atomic E-state index is 0.0606. The molecule has 0 amide bonds. The molecule has 2 rings (SSSR count). The van der Waals surface area contributed by atoms with Gasteiger partial charge in [-0.3, -0.25) is 0 Å². The van der Waals surface area contributed by atoms with E-state index in [0.717, 1.165) is 20.2 Å². The van der Waals surface area contributed by atoms with Crippen molar-refractivity contribution in [3.05, 3.63) is 62.3 Å². The first-order chi connectivity index (χ1) is 9.11. The molecule has 0 saturated heterocycles. The van der Waals surface area contributed by atoms with Gasteiger partial charge in [0.25, 0.3) is 0 Å². The van der Waals surface area contributed by atoms with Crippen LogP contribution in [0.5, 0.6) is 0 Å². The molecule has 0 aliphatic rings. The minimum Gasteiger partial charge on any atom is -0.379 e. The fourth-order valence-corrected chi connectivity index (χ4v) is 2.90. The van der Waals surface area contributed by atoms with Crippen LogP contribution in [-0.2, 0) is 6.54 Å². The van der Waals surface area contributed by atoms with E-state index in [1.165, 1.54) is 6.07 Å². The Morgan fingerprint density at radius 2 is 1.84 bits per heavy atom. The van der Waals surface area contributed by atoms with Crippen molar-refractivity contribution in [1.29, 1.82) is 5.26 Å². The molecule has 0 heterocycles. The number of hydrogen-bond acceptors (Lipinski definition) is 2. The van der Waals surface area contributed by atoms with Gasteiger partial charge in [-0.05, 0) is 61.7 Å². The molecule has 0 radical (unpaired) electrons. The molecule has 2 aromatic carbocycles. The first kappa shape index (κ1) is 14.0. The van der Waals surface area contributed by atoms with Crippen molar-refractivity contribution in [3.63, 3.8) is 0 Å². The van der Waals surface area contributed by atoms with Crippen molar-refractivity contribution in [2.45, 2.75) is 6.54 Å². The zero-order valence-corrected chi connectivity index (χ0v) is 12.9. The Morgan fingerprint density at radius 3 is 2.47 bits per heavy atom. The monoisotopic (exact) mass is 382 g/mol. The predicted octanol–water partition coefficient (Wildman–Crippen LogP) is 4.83. The van der Waals surface area contributed by atoms with Crippen molar-refractivity contribution in [1.82, 2.24) is 0 Å².